The summed E-state index contributed by atoms with van der Waals surface area (Å²) in [5.41, 5.74) is -0.872. The Morgan fingerprint density at radius 1 is 1.47 bits per heavy atom. The van der Waals surface area contributed by atoms with Crippen LogP contribution in [0.15, 0.2) is 0 Å². The summed E-state index contributed by atoms with van der Waals surface area (Å²) in [5.74, 6) is -0.635. The first-order valence-electron chi connectivity index (χ1n) is 5.46. The lowest BCUT2D eigenvalue weighted by molar-refractivity contribution is -0.148. The van der Waals surface area contributed by atoms with Gasteiger partial charge >= 0.3 is 5.97 Å². The van der Waals surface area contributed by atoms with Crippen molar-refractivity contribution in [3.63, 3.8) is 0 Å². The lowest BCUT2D eigenvalue weighted by Crippen LogP contribution is -2.47. The molecule has 0 aliphatic heterocycles. The van der Waals surface area contributed by atoms with Crippen molar-refractivity contribution in [2.24, 2.45) is 5.92 Å². The van der Waals surface area contributed by atoms with Crippen LogP contribution in [-0.2, 0) is 9.22 Å². The maximum absolute atomic E-state index is 11.2. The van der Waals surface area contributed by atoms with Crippen LogP contribution in [-0.4, -0.2) is 25.0 Å². The van der Waals surface area contributed by atoms with Gasteiger partial charge < -0.3 is 9.53 Å². The molecule has 1 fully saturated rings. The highest BCUT2D eigenvalue weighted by Crippen LogP contribution is 2.51. The Morgan fingerprint density at radius 3 is 2.07 bits per heavy atom. The summed E-state index contributed by atoms with van der Waals surface area (Å²) in [6.45, 7) is 12.5. The van der Waals surface area contributed by atoms with Crippen LogP contribution in [0.2, 0.25) is 18.1 Å². The quantitative estimate of drug-likeness (QED) is 0.758. The fraction of sp³-hybridized carbons (Fsp3) is 0.909. The fourth-order valence-electron chi connectivity index (χ4n) is 1.49. The average molecular weight is 230 g/mol. The monoisotopic (exact) mass is 230 g/mol. The van der Waals surface area contributed by atoms with E-state index in [0.29, 0.717) is 6.42 Å². The van der Waals surface area contributed by atoms with Crippen molar-refractivity contribution in [3.8, 4) is 0 Å². The first-order chi connectivity index (χ1) is 6.53. The van der Waals surface area contributed by atoms with E-state index in [4.69, 9.17) is 4.43 Å². The number of carboxylic acids is 1. The Kier molecular flexibility index (Phi) is 2.81. The molecule has 1 rings (SSSR count). The van der Waals surface area contributed by atoms with Crippen molar-refractivity contribution in [1.82, 2.24) is 0 Å². The zero-order chi connectivity index (χ0) is 12.1. The lowest BCUT2D eigenvalue weighted by atomic mass is 10.2. The molecule has 0 saturated heterocycles. The third-order valence-corrected chi connectivity index (χ3v) is 8.34. The zero-order valence-corrected chi connectivity index (χ0v) is 11.5. The van der Waals surface area contributed by atoms with Gasteiger partial charge in [0.25, 0.3) is 0 Å². The third kappa shape index (κ3) is 2.11. The number of hydrogen-bond donors (Lipinski definition) is 1. The van der Waals surface area contributed by atoms with Crippen LogP contribution < -0.4 is 0 Å². The second-order valence-electron chi connectivity index (χ2n) is 6.16. The molecular formula is C11H22O3Si. The van der Waals surface area contributed by atoms with Gasteiger partial charge in [0, 0.05) is 0 Å². The molecule has 0 aromatic heterocycles. The van der Waals surface area contributed by atoms with Gasteiger partial charge in [-0.3, -0.25) is 0 Å². The maximum atomic E-state index is 11.2. The molecule has 4 heteroatoms. The minimum Gasteiger partial charge on any atom is -0.479 e. The molecule has 0 amide bonds. The second kappa shape index (κ2) is 3.32. The van der Waals surface area contributed by atoms with Gasteiger partial charge in [0.2, 0.25) is 0 Å². The molecule has 88 valence electrons. The van der Waals surface area contributed by atoms with Crippen LogP contribution in [0.1, 0.15) is 34.1 Å². The number of carboxylic acid groups (broad SMARTS) is 1. The smallest absolute Gasteiger partial charge is 0.335 e. The van der Waals surface area contributed by atoms with Crippen LogP contribution in [0.4, 0.5) is 0 Å². The van der Waals surface area contributed by atoms with Crippen molar-refractivity contribution in [1.29, 1.82) is 0 Å². The summed E-state index contributed by atoms with van der Waals surface area (Å²) in [7, 11) is -1.96. The molecule has 1 aliphatic rings. The summed E-state index contributed by atoms with van der Waals surface area (Å²) >= 11 is 0. The van der Waals surface area contributed by atoms with E-state index in [1.807, 2.05) is 6.92 Å². The molecule has 0 spiro atoms. The van der Waals surface area contributed by atoms with Crippen molar-refractivity contribution >= 4 is 14.3 Å². The highest BCUT2D eigenvalue weighted by atomic mass is 28.4. The predicted octanol–water partition coefficient (Wildman–Crippen LogP) is 2.87. The first kappa shape index (κ1) is 12.7. The largest absolute Gasteiger partial charge is 0.479 e. The van der Waals surface area contributed by atoms with E-state index in [-0.39, 0.29) is 11.0 Å². The van der Waals surface area contributed by atoms with Crippen molar-refractivity contribution in [2.75, 3.05) is 0 Å². The number of aliphatic carboxylic acids is 1. The van der Waals surface area contributed by atoms with Gasteiger partial charge in [-0.15, -0.1) is 0 Å². The van der Waals surface area contributed by atoms with E-state index < -0.39 is 19.9 Å². The Morgan fingerprint density at radius 2 is 1.87 bits per heavy atom. The van der Waals surface area contributed by atoms with E-state index in [0.717, 1.165) is 0 Å². The Hall–Kier alpha value is -0.353. The van der Waals surface area contributed by atoms with Crippen molar-refractivity contribution in [3.05, 3.63) is 0 Å². The summed E-state index contributed by atoms with van der Waals surface area (Å²) in [6.07, 6.45) is 0.662. The van der Waals surface area contributed by atoms with E-state index in [9.17, 15) is 9.90 Å². The zero-order valence-electron chi connectivity index (χ0n) is 10.5. The molecular weight excluding hydrogens is 208 g/mol. The summed E-state index contributed by atoms with van der Waals surface area (Å²) in [4.78, 5) is 11.2. The highest BCUT2D eigenvalue weighted by molar-refractivity contribution is 6.74. The van der Waals surface area contributed by atoms with E-state index in [2.05, 4.69) is 33.9 Å². The number of rotatable bonds is 3. The molecule has 0 aromatic rings. The Bertz CT molecular complexity index is 280. The third-order valence-electron chi connectivity index (χ3n) is 3.85. The molecule has 0 bridgehead atoms. The van der Waals surface area contributed by atoms with Gasteiger partial charge in [-0.05, 0) is 30.5 Å². The summed E-state index contributed by atoms with van der Waals surface area (Å²) in [5, 5.41) is 9.27. The van der Waals surface area contributed by atoms with Crippen LogP contribution in [0.25, 0.3) is 0 Å². The van der Waals surface area contributed by atoms with Crippen LogP contribution in [0.3, 0.4) is 0 Å². The molecule has 0 heterocycles. The molecule has 2 unspecified atom stereocenters. The minimum atomic E-state index is -1.96. The fourth-order valence-corrected chi connectivity index (χ4v) is 3.08. The topological polar surface area (TPSA) is 46.5 Å². The van der Waals surface area contributed by atoms with Gasteiger partial charge in [-0.1, -0.05) is 27.7 Å². The summed E-state index contributed by atoms with van der Waals surface area (Å²) in [6, 6.07) is 0. The lowest BCUT2D eigenvalue weighted by Gasteiger charge is -2.38. The maximum Gasteiger partial charge on any atom is 0.335 e. The van der Waals surface area contributed by atoms with Crippen molar-refractivity contribution < 1.29 is 14.3 Å². The van der Waals surface area contributed by atoms with E-state index in [1.54, 1.807) is 0 Å². The Balaban J connectivity index is 2.82. The standard InChI is InChI=1S/C11H22O3Si/c1-8-7-11(8,9(12)13)14-15(5,6)10(2,3)4/h8H,7H2,1-6H3,(H,12,13). The Labute approximate surface area is 93.0 Å². The molecule has 2 atom stereocenters. The predicted molar refractivity (Wildman–Crippen MR) is 62.4 cm³/mol. The molecule has 1 aliphatic carbocycles. The minimum absolute atomic E-state index is 0.0672. The van der Waals surface area contributed by atoms with Crippen LogP contribution in [0, 0.1) is 5.92 Å². The van der Waals surface area contributed by atoms with Gasteiger partial charge in [0.05, 0.1) is 0 Å². The van der Waals surface area contributed by atoms with E-state index >= 15 is 0 Å². The van der Waals surface area contributed by atoms with Gasteiger partial charge in [0.1, 0.15) is 0 Å². The van der Waals surface area contributed by atoms with Gasteiger partial charge in [-0.25, -0.2) is 4.79 Å². The SMILES string of the molecule is CC1CC1(O[Si](C)(C)C(C)(C)C)C(=O)O. The van der Waals surface area contributed by atoms with Crippen molar-refractivity contribution in [2.45, 2.75) is 57.8 Å². The highest BCUT2D eigenvalue weighted by Gasteiger charge is 2.62. The average Bonchev–Trinajstić information content (AvgIpc) is 2.58. The van der Waals surface area contributed by atoms with Crippen LogP contribution >= 0.6 is 0 Å². The molecule has 1 N–H and O–H groups in total. The summed E-state index contributed by atoms with van der Waals surface area (Å²) < 4.78 is 6.01. The number of hydrogen-bond acceptors (Lipinski definition) is 2. The van der Waals surface area contributed by atoms with Gasteiger partial charge in [0.15, 0.2) is 13.9 Å². The van der Waals surface area contributed by atoms with Gasteiger partial charge in [-0.2, -0.15) is 0 Å². The molecule has 1 saturated carbocycles. The number of carbonyl (C=O) groups is 1. The van der Waals surface area contributed by atoms with E-state index in [1.165, 1.54) is 0 Å². The van der Waals surface area contributed by atoms with Crippen LogP contribution in [0.5, 0.6) is 0 Å². The normalized spacial score (nSPS) is 31.5. The second-order valence-corrected chi connectivity index (χ2v) is 10.9. The first-order valence-corrected chi connectivity index (χ1v) is 8.37. The molecule has 0 radical (unpaired) electrons. The molecule has 3 nitrogen and oxygen atoms in total. The molecule has 0 aromatic carbocycles. The molecule has 15 heavy (non-hydrogen) atoms.